The van der Waals surface area contributed by atoms with Crippen molar-refractivity contribution in [3.05, 3.63) is 35.4 Å². The van der Waals surface area contributed by atoms with Crippen LogP contribution in [0.3, 0.4) is 0 Å². The van der Waals surface area contributed by atoms with E-state index in [4.69, 9.17) is 4.74 Å². The molecule has 21 heavy (non-hydrogen) atoms. The Hall–Kier alpha value is -1.11. The van der Waals surface area contributed by atoms with Crippen LogP contribution in [-0.4, -0.2) is 44.3 Å². The summed E-state index contributed by atoms with van der Waals surface area (Å²) in [6, 6.07) is 5.70. The van der Waals surface area contributed by atoms with E-state index in [-0.39, 0.29) is 6.04 Å². The Morgan fingerprint density at radius 2 is 2.00 bits per heavy atom. The summed E-state index contributed by atoms with van der Waals surface area (Å²) in [5, 5.41) is 3.31. The van der Waals surface area contributed by atoms with Crippen LogP contribution in [0.1, 0.15) is 24.1 Å². The minimum atomic E-state index is -4.29. The van der Waals surface area contributed by atoms with Gasteiger partial charge in [-0.1, -0.05) is 12.1 Å². The number of nitrogens with one attached hydrogen (secondary N) is 1. The van der Waals surface area contributed by atoms with E-state index in [0.29, 0.717) is 12.6 Å². The summed E-state index contributed by atoms with van der Waals surface area (Å²) in [5.41, 5.74) is 0.245. The zero-order valence-electron chi connectivity index (χ0n) is 12.3. The van der Waals surface area contributed by atoms with Crippen LogP contribution in [-0.2, 0) is 10.9 Å². The Morgan fingerprint density at radius 1 is 1.33 bits per heavy atom. The zero-order chi connectivity index (χ0) is 15.5. The lowest BCUT2D eigenvalue weighted by Crippen LogP contribution is -2.51. The third-order valence-electron chi connectivity index (χ3n) is 3.90. The SMILES string of the molecule is COC[C@@H](c1ccc(C(F)(F)F)cc1)N1CCNC[C@H]1C. The van der Waals surface area contributed by atoms with E-state index in [0.717, 1.165) is 37.3 Å². The fourth-order valence-electron chi connectivity index (χ4n) is 2.76. The molecule has 118 valence electrons. The first-order valence-electron chi connectivity index (χ1n) is 7.06. The summed E-state index contributed by atoms with van der Waals surface area (Å²) >= 11 is 0. The fourth-order valence-corrected chi connectivity index (χ4v) is 2.76. The van der Waals surface area contributed by atoms with E-state index in [1.807, 2.05) is 0 Å². The van der Waals surface area contributed by atoms with Crippen molar-refractivity contribution in [2.24, 2.45) is 0 Å². The molecule has 1 aromatic carbocycles. The Balaban J connectivity index is 2.21. The van der Waals surface area contributed by atoms with Gasteiger partial charge in [-0.05, 0) is 24.6 Å². The average Bonchev–Trinajstić information content (AvgIpc) is 2.45. The number of piperazine rings is 1. The molecular weight excluding hydrogens is 281 g/mol. The Labute approximate surface area is 123 Å². The largest absolute Gasteiger partial charge is 0.416 e. The summed E-state index contributed by atoms with van der Waals surface area (Å²) in [5.74, 6) is 0. The summed E-state index contributed by atoms with van der Waals surface area (Å²) in [7, 11) is 1.62. The Kier molecular flexibility index (Phi) is 5.24. The van der Waals surface area contributed by atoms with Crippen molar-refractivity contribution in [1.82, 2.24) is 10.2 Å². The van der Waals surface area contributed by atoms with Crippen LogP contribution in [0.4, 0.5) is 13.2 Å². The smallest absolute Gasteiger partial charge is 0.383 e. The minimum Gasteiger partial charge on any atom is -0.383 e. The summed E-state index contributed by atoms with van der Waals surface area (Å²) in [6.07, 6.45) is -4.29. The maximum Gasteiger partial charge on any atom is 0.416 e. The van der Waals surface area contributed by atoms with Crippen LogP contribution in [0.2, 0.25) is 0 Å². The molecule has 1 aliphatic rings. The van der Waals surface area contributed by atoms with E-state index >= 15 is 0 Å². The predicted molar refractivity (Wildman–Crippen MR) is 75.1 cm³/mol. The zero-order valence-corrected chi connectivity index (χ0v) is 12.3. The topological polar surface area (TPSA) is 24.5 Å². The number of alkyl halides is 3. The van der Waals surface area contributed by atoms with E-state index < -0.39 is 11.7 Å². The number of hydrogen-bond acceptors (Lipinski definition) is 3. The molecule has 2 rings (SSSR count). The molecule has 0 radical (unpaired) electrons. The van der Waals surface area contributed by atoms with Crippen LogP contribution in [0.25, 0.3) is 0 Å². The van der Waals surface area contributed by atoms with Crippen molar-refractivity contribution < 1.29 is 17.9 Å². The van der Waals surface area contributed by atoms with Gasteiger partial charge < -0.3 is 10.1 Å². The highest BCUT2D eigenvalue weighted by atomic mass is 19.4. The van der Waals surface area contributed by atoms with Crippen LogP contribution < -0.4 is 5.32 Å². The van der Waals surface area contributed by atoms with Gasteiger partial charge in [0.25, 0.3) is 0 Å². The number of hydrogen-bond donors (Lipinski definition) is 1. The van der Waals surface area contributed by atoms with Gasteiger partial charge in [0, 0.05) is 32.8 Å². The average molecular weight is 302 g/mol. The van der Waals surface area contributed by atoms with Crippen molar-refractivity contribution in [2.45, 2.75) is 25.2 Å². The first-order valence-corrected chi connectivity index (χ1v) is 7.06. The molecular formula is C15H21F3N2O. The van der Waals surface area contributed by atoms with Crippen molar-refractivity contribution in [3.8, 4) is 0 Å². The molecule has 0 bridgehead atoms. The molecule has 1 aromatic rings. The molecule has 1 saturated heterocycles. The fraction of sp³-hybridized carbons (Fsp3) is 0.600. The van der Waals surface area contributed by atoms with Gasteiger partial charge in [-0.2, -0.15) is 13.2 Å². The molecule has 0 aromatic heterocycles. The van der Waals surface area contributed by atoms with Gasteiger partial charge in [0.15, 0.2) is 0 Å². The molecule has 6 heteroatoms. The molecule has 2 atom stereocenters. The molecule has 0 aliphatic carbocycles. The maximum atomic E-state index is 12.6. The molecule has 0 amide bonds. The number of nitrogens with zero attached hydrogens (tertiary/aromatic N) is 1. The normalized spacial score (nSPS) is 22.2. The van der Waals surface area contributed by atoms with Crippen LogP contribution in [0, 0.1) is 0 Å². The molecule has 1 N–H and O–H groups in total. The lowest BCUT2D eigenvalue weighted by Gasteiger charge is -2.40. The Morgan fingerprint density at radius 3 is 2.52 bits per heavy atom. The van der Waals surface area contributed by atoms with E-state index in [9.17, 15) is 13.2 Å². The third-order valence-corrected chi connectivity index (χ3v) is 3.90. The number of rotatable bonds is 4. The molecule has 0 unspecified atom stereocenters. The maximum absolute atomic E-state index is 12.6. The van der Waals surface area contributed by atoms with Crippen molar-refractivity contribution >= 4 is 0 Å². The second-order valence-electron chi connectivity index (χ2n) is 5.38. The van der Waals surface area contributed by atoms with Gasteiger partial charge in [0.2, 0.25) is 0 Å². The molecule has 3 nitrogen and oxygen atoms in total. The van der Waals surface area contributed by atoms with E-state index in [1.165, 1.54) is 0 Å². The van der Waals surface area contributed by atoms with Gasteiger partial charge in [0.1, 0.15) is 0 Å². The molecule has 0 spiro atoms. The van der Waals surface area contributed by atoms with Gasteiger partial charge in [-0.15, -0.1) is 0 Å². The second kappa shape index (κ2) is 6.77. The number of methoxy groups -OCH3 is 1. The summed E-state index contributed by atoms with van der Waals surface area (Å²) < 4.78 is 43.2. The van der Waals surface area contributed by atoms with Gasteiger partial charge in [-0.3, -0.25) is 4.90 Å². The monoisotopic (exact) mass is 302 g/mol. The first kappa shape index (κ1) is 16.3. The third kappa shape index (κ3) is 3.96. The van der Waals surface area contributed by atoms with Crippen molar-refractivity contribution in [1.29, 1.82) is 0 Å². The van der Waals surface area contributed by atoms with E-state index in [2.05, 4.69) is 17.1 Å². The lowest BCUT2D eigenvalue weighted by atomic mass is 10.0. The molecule has 1 fully saturated rings. The van der Waals surface area contributed by atoms with Crippen molar-refractivity contribution in [2.75, 3.05) is 33.4 Å². The quantitative estimate of drug-likeness (QED) is 0.925. The van der Waals surface area contributed by atoms with Gasteiger partial charge in [0.05, 0.1) is 18.2 Å². The molecule has 1 aliphatic heterocycles. The minimum absolute atomic E-state index is 0.0191. The van der Waals surface area contributed by atoms with Crippen LogP contribution >= 0.6 is 0 Å². The summed E-state index contributed by atoms with van der Waals surface area (Å²) in [4.78, 5) is 2.28. The second-order valence-corrected chi connectivity index (χ2v) is 5.38. The van der Waals surface area contributed by atoms with E-state index in [1.54, 1.807) is 19.2 Å². The summed E-state index contributed by atoms with van der Waals surface area (Å²) in [6.45, 7) is 5.19. The highest BCUT2D eigenvalue weighted by Gasteiger charge is 2.31. The highest BCUT2D eigenvalue weighted by molar-refractivity contribution is 5.27. The van der Waals surface area contributed by atoms with Crippen molar-refractivity contribution in [3.63, 3.8) is 0 Å². The predicted octanol–water partition coefficient (Wildman–Crippen LogP) is 2.69. The highest BCUT2D eigenvalue weighted by Crippen LogP contribution is 2.31. The number of ether oxygens (including phenoxy) is 1. The van der Waals surface area contributed by atoms with Crippen LogP contribution in [0.15, 0.2) is 24.3 Å². The lowest BCUT2D eigenvalue weighted by molar-refractivity contribution is -0.137. The number of halogens is 3. The number of benzene rings is 1. The Bertz CT molecular complexity index is 447. The van der Waals surface area contributed by atoms with Crippen LogP contribution in [0.5, 0.6) is 0 Å². The van der Waals surface area contributed by atoms with Gasteiger partial charge in [-0.25, -0.2) is 0 Å². The van der Waals surface area contributed by atoms with Gasteiger partial charge >= 0.3 is 6.18 Å². The first-order chi connectivity index (χ1) is 9.93. The molecule has 0 saturated carbocycles. The molecule has 1 heterocycles. The standard InChI is InChI=1S/C15H21F3N2O/c1-11-9-19-7-8-20(11)14(10-21-2)12-3-5-13(6-4-12)15(16,17)18/h3-6,11,14,19H,7-10H2,1-2H3/t11-,14+/m1/s1.